The number of imidazole rings is 1. The van der Waals surface area contributed by atoms with Crippen molar-refractivity contribution >= 4 is 25.1 Å². The van der Waals surface area contributed by atoms with Crippen LogP contribution in [0.1, 0.15) is 23.1 Å². The smallest absolute Gasteiger partial charge is 0.340 e. The molecule has 0 atom stereocenters. The van der Waals surface area contributed by atoms with E-state index in [9.17, 15) is 4.79 Å². The Bertz CT molecular complexity index is 689. The number of hydrogen-bond acceptors (Lipinski definition) is 4. The highest BCUT2D eigenvalue weighted by Gasteiger charge is 2.17. The number of ether oxygens (including phenoxy) is 2. The van der Waals surface area contributed by atoms with Crippen LogP contribution in [0.25, 0.3) is 11.0 Å². The van der Waals surface area contributed by atoms with Crippen LogP contribution >= 0.6 is 0 Å². The lowest BCUT2D eigenvalue weighted by Crippen LogP contribution is -2.22. The second-order valence-corrected chi connectivity index (χ2v) is 12.4. The molecule has 1 heterocycles. The highest BCUT2D eigenvalue weighted by Crippen LogP contribution is 2.21. The van der Waals surface area contributed by atoms with Gasteiger partial charge in [-0.15, -0.1) is 0 Å². The topological polar surface area (TPSA) is 53.3 Å². The summed E-state index contributed by atoms with van der Waals surface area (Å²) in [7, 11) is 0.293. The second-order valence-electron chi connectivity index (χ2n) is 6.82. The van der Waals surface area contributed by atoms with Gasteiger partial charge in [0.05, 0.1) is 18.2 Å². The first-order chi connectivity index (χ1) is 10.9. The first-order valence-electron chi connectivity index (χ1n) is 8.01. The molecule has 0 saturated heterocycles. The van der Waals surface area contributed by atoms with Crippen molar-refractivity contribution in [2.24, 2.45) is 0 Å². The van der Waals surface area contributed by atoms with Crippen LogP contribution in [0.2, 0.25) is 25.7 Å². The molecule has 0 bridgehead atoms. The quantitative estimate of drug-likeness (QED) is 0.440. The van der Waals surface area contributed by atoms with Crippen molar-refractivity contribution in [3.63, 3.8) is 0 Å². The van der Waals surface area contributed by atoms with Crippen molar-refractivity contribution < 1.29 is 14.3 Å². The zero-order valence-electron chi connectivity index (χ0n) is 14.7. The number of nitrogens with zero attached hydrogens (tertiary/aromatic N) is 2. The van der Waals surface area contributed by atoms with Gasteiger partial charge in [-0.25, -0.2) is 9.78 Å². The van der Waals surface area contributed by atoms with Crippen molar-refractivity contribution in [3.8, 4) is 0 Å². The summed E-state index contributed by atoms with van der Waals surface area (Å²) in [5.74, 6) is 0.562. The van der Waals surface area contributed by atoms with E-state index >= 15 is 0 Å². The molecular formula is C17H26N2O3Si. The summed E-state index contributed by atoms with van der Waals surface area (Å²) in [6.07, 6.45) is 0.784. The third kappa shape index (κ3) is 4.20. The van der Waals surface area contributed by atoms with Gasteiger partial charge in [0.25, 0.3) is 0 Å². The fourth-order valence-corrected chi connectivity index (χ4v) is 3.17. The van der Waals surface area contributed by atoms with Gasteiger partial charge in [-0.05, 0) is 18.2 Å². The van der Waals surface area contributed by atoms with E-state index in [2.05, 4.69) is 31.5 Å². The van der Waals surface area contributed by atoms with Crippen LogP contribution in [0.3, 0.4) is 0 Å². The standard InChI is InChI=1S/C17H26N2O3Si/c1-6-15-18-16-13(17(20)21-2)8-7-9-14(16)19(15)12-22-10-11-23(3,4)5/h7-9H,6,10-12H2,1-5H3. The summed E-state index contributed by atoms with van der Waals surface area (Å²) >= 11 is 0. The predicted molar refractivity (Wildman–Crippen MR) is 94.6 cm³/mol. The van der Waals surface area contributed by atoms with Gasteiger partial charge in [0.1, 0.15) is 18.1 Å². The third-order valence-corrected chi connectivity index (χ3v) is 5.50. The zero-order valence-corrected chi connectivity index (χ0v) is 15.7. The van der Waals surface area contributed by atoms with E-state index in [4.69, 9.17) is 9.47 Å². The number of carbonyl (C=O) groups is 1. The minimum Gasteiger partial charge on any atom is -0.465 e. The summed E-state index contributed by atoms with van der Waals surface area (Å²) < 4.78 is 12.8. The minimum atomic E-state index is -1.09. The molecule has 0 saturated carbocycles. The lowest BCUT2D eigenvalue weighted by atomic mass is 10.2. The fourth-order valence-electron chi connectivity index (χ4n) is 2.42. The average Bonchev–Trinajstić information content (AvgIpc) is 2.87. The Hall–Kier alpha value is -1.66. The van der Waals surface area contributed by atoms with Gasteiger partial charge in [-0.3, -0.25) is 0 Å². The van der Waals surface area contributed by atoms with E-state index < -0.39 is 8.07 Å². The summed E-state index contributed by atoms with van der Waals surface area (Å²) in [5.41, 5.74) is 2.10. The van der Waals surface area contributed by atoms with Crippen molar-refractivity contribution in [2.45, 2.75) is 45.8 Å². The molecule has 126 valence electrons. The Morgan fingerprint density at radius 1 is 1.30 bits per heavy atom. The van der Waals surface area contributed by atoms with Crippen molar-refractivity contribution in [1.82, 2.24) is 9.55 Å². The summed E-state index contributed by atoms with van der Waals surface area (Å²) in [5, 5.41) is 0. The molecular weight excluding hydrogens is 308 g/mol. The van der Waals surface area contributed by atoms with E-state index in [1.807, 2.05) is 16.7 Å². The highest BCUT2D eigenvalue weighted by molar-refractivity contribution is 6.76. The zero-order chi connectivity index (χ0) is 17.0. The van der Waals surface area contributed by atoms with Gasteiger partial charge in [-0.1, -0.05) is 32.6 Å². The van der Waals surface area contributed by atoms with Gasteiger partial charge >= 0.3 is 5.97 Å². The number of aromatic nitrogens is 2. The SMILES string of the molecule is CCc1nc2c(C(=O)OC)cccc2n1COCC[Si](C)(C)C. The molecule has 0 spiro atoms. The van der Waals surface area contributed by atoms with E-state index in [-0.39, 0.29) is 5.97 Å². The molecule has 0 aliphatic heterocycles. The Balaban J connectivity index is 2.27. The Labute approximate surface area is 138 Å². The molecule has 1 aromatic heterocycles. The number of methoxy groups -OCH3 is 1. The third-order valence-electron chi connectivity index (χ3n) is 3.80. The first kappa shape index (κ1) is 17.7. The van der Waals surface area contributed by atoms with Gasteiger partial charge < -0.3 is 14.0 Å². The number of esters is 1. The minimum absolute atomic E-state index is 0.359. The summed E-state index contributed by atoms with van der Waals surface area (Å²) in [4.78, 5) is 16.5. The van der Waals surface area contributed by atoms with Crippen LogP contribution in [-0.4, -0.2) is 37.3 Å². The maximum absolute atomic E-state index is 11.9. The molecule has 0 fully saturated rings. The number of aryl methyl sites for hydroxylation is 1. The Kier molecular flexibility index (Phi) is 5.59. The van der Waals surface area contributed by atoms with Gasteiger partial charge in [0.2, 0.25) is 0 Å². The first-order valence-corrected chi connectivity index (χ1v) is 11.7. The van der Waals surface area contributed by atoms with Gasteiger partial charge in [0.15, 0.2) is 0 Å². The number of fused-ring (bicyclic) bond motifs is 1. The molecule has 0 radical (unpaired) electrons. The Morgan fingerprint density at radius 3 is 2.65 bits per heavy atom. The highest BCUT2D eigenvalue weighted by atomic mass is 28.3. The molecule has 5 nitrogen and oxygen atoms in total. The van der Waals surface area contributed by atoms with Gasteiger partial charge in [-0.2, -0.15) is 0 Å². The van der Waals surface area contributed by atoms with Crippen LogP contribution in [0.15, 0.2) is 18.2 Å². The molecule has 1 aromatic carbocycles. The Morgan fingerprint density at radius 2 is 2.04 bits per heavy atom. The van der Waals surface area contributed by atoms with Crippen LogP contribution < -0.4 is 0 Å². The number of carbonyl (C=O) groups excluding carboxylic acids is 1. The second kappa shape index (κ2) is 7.27. The molecule has 2 rings (SSSR count). The van der Waals surface area contributed by atoms with Crippen LogP contribution in [-0.2, 0) is 22.6 Å². The van der Waals surface area contributed by atoms with Gasteiger partial charge in [0, 0.05) is 21.1 Å². The van der Waals surface area contributed by atoms with E-state index in [1.165, 1.54) is 7.11 Å². The molecule has 6 heteroatoms. The summed E-state index contributed by atoms with van der Waals surface area (Å²) in [6, 6.07) is 6.70. The largest absolute Gasteiger partial charge is 0.465 e. The van der Waals surface area contributed by atoms with Crippen LogP contribution in [0, 0.1) is 0 Å². The van der Waals surface area contributed by atoms with E-state index in [1.54, 1.807) is 6.07 Å². The predicted octanol–water partition coefficient (Wildman–Crippen LogP) is 3.70. The molecule has 0 aliphatic carbocycles. The lowest BCUT2D eigenvalue weighted by Gasteiger charge is -2.16. The number of benzene rings is 1. The van der Waals surface area contributed by atoms with Crippen LogP contribution in [0.5, 0.6) is 0 Å². The number of para-hydroxylation sites is 1. The molecule has 0 unspecified atom stereocenters. The molecule has 23 heavy (non-hydrogen) atoms. The lowest BCUT2D eigenvalue weighted by molar-refractivity contribution is 0.0602. The molecule has 0 N–H and O–H groups in total. The molecule has 0 amide bonds. The van der Waals surface area contributed by atoms with Crippen LogP contribution in [0.4, 0.5) is 0 Å². The molecule has 0 aliphatic rings. The monoisotopic (exact) mass is 334 g/mol. The summed E-state index contributed by atoms with van der Waals surface area (Å²) in [6.45, 7) is 10.3. The number of hydrogen-bond donors (Lipinski definition) is 0. The van der Waals surface area contributed by atoms with E-state index in [0.29, 0.717) is 17.8 Å². The van der Waals surface area contributed by atoms with E-state index in [0.717, 1.165) is 30.4 Å². The van der Waals surface area contributed by atoms with Crippen molar-refractivity contribution in [1.29, 1.82) is 0 Å². The number of rotatable bonds is 7. The maximum Gasteiger partial charge on any atom is 0.340 e. The average molecular weight is 334 g/mol. The van der Waals surface area contributed by atoms with Crippen molar-refractivity contribution in [2.75, 3.05) is 13.7 Å². The molecule has 2 aromatic rings. The fraction of sp³-hybridized carbons (Fsp3) is 0.529. The maximum atomic E-state index is 11.9. The normalized spacial score (nSPS) is 11.9. The van der Waals surface area contributed by atoms with Crippen molar-refractivity contribution in [3.05, 3.63) is 29.6 Å².